The molecule has 15 heavy (non-hydrogen) atoms. The smallest absolute Gasteiger partial charge is 0.213 e. The van der Waals surface area contributed by atoms with E-state index >= 15 is 0 Å². The van der Waals surface area contributed by atoms with Crippen LogP contribution in [0, 0.1) is 0 Å². The Morgan fingerprint density at radius 2 is 2.13 bits per heavy atom. The van der Waals surface area contributed by atoms with Crippen LogP contribution in [0.3, 0.4) is 0 Å². The predicted octanol–water partition coefficient (Wildman–Crippen LogP) is 2.15. The van der Waals surface area contributed by atoms with E-state index in [1.165, 1.54) is 5.56 Å². The van der Waals surface area contributed by atoms with Gasteiger partial charge in [0.15, 0.2) is 0 Å². The maximum Gasteiger partial charge on any atom is 0.213 e. The average molecular weight is 208 g/mol. The lowest BCUT2D eigenvalue weighted by molar-refractivity contribution is 0.304. The van der Waals surface area contributed by atoms with Crippen molar-refractivity contribution < 1.29 is 4.74 Å². The quantitative estimate of drug-likeness (QED) is 0.778. The Kier molecular flexibility index (Phi) is 5.12. The zero-order chi connectivity index (χ0) is 11.1. The number of hydrogen-bond donors (Lipinski definition) is 1. The van der Waals surface area contributed by atoms with Gasteiger partial charge in [-0.05, 0) is 31.5 Å². The Hall–Kier alpha value is -1.09. The fourth-order valence-electron chi connectivity index (χ4n) is 1.39. The fourth-order valence-corrected chi connectivity index (χ4v) is 1.39. The zero-order valence-corrected chi connectivity index (χ0v) is 9.84. The van der Waals surface area contributed by atoms with Gasteiger partial charge in [-0.2, -0.15) is 0 Å². The minimum atomic E-state index is 0.735. The van der Waals surface area contributed by atoms with Gasteiger partial charge in [-0.1, -0.05) is 13.8 Å². The molecule has 0 amide bonds. The molecule has 1 heterocycles. The molecule has 3 heteroatoms. The molecule has 1 N–H and O–H groups in total. The van der Waals surface area contributed by atoms with Crippen LogP contribution in [-0.4, -0.2) is 18.6 Å². The van der Waals surface area contributed by atoms with Gasteiger partial charge < -0.3 is 10.1 Å². The second kappa shape index (κ2) is 6.40. The maximum atomic E-state index is 5.55. The highest BCUT2D eigenvalue weighted by molar-refractivity contribution is 5.25. The first-order valence-electron chi connectivity index (χ1n) is 5.57. The minimum absolute atomic E-state index is 0.735. The summed E-state index contributed by atoms with van der Waals surface area (Å²) in [5, 5.41) is 3.14. The van der Waals surface area contributed by atoms with E-state index in [2.05, 4.69) is 30.2 Å². The first kappa shape index (κ1) is 12.0. The van der Waals surface area contributed by atoms with Crippen LogP contribution in [-0.2, 0) is 13.0 Å². The van der Waals surface area contributed by atoms with Crippen LogP contribution in [0.15, 0.2) is 12.1 Å². The summed E-state index contributed by atoms with van der Waals surface area (Å²) in [7, 11) is 1.94. The highest BCUT2D eigenvalue weighted by Crippen LogP contribution is 2.13. The highest BCUT2D eigenvalue weighted by Gasteiger charge is 2.01. The summed E-state index contributed by atoms with van der Waals surface area (Å²) in [6.45, 7) is 5.80. The van der Waals surface area contributed by atoms with Crippen molar-refractivity contribution in [1.29, 1.82) is 0 Å². The fraction of sp³-hybridized carbons (Fsp3) is 0.583. The molecule has 0 unspecified atom stereocenters. The predicted molar refractivity (Wildman–Crippen MR) is 62.2 cm³/mol. The molecule has 0 saturated heterocycles. The lowest BCUT2D eigenvalue weighted by Crippen LogP contribution is -2.07. The first-order valence-corrected chi connectivity index (χ1v) is 5.57. The lowest BCUT2D eigenvalue weighted by atomic mass is 10.2. The minimum Gasteiger partial charge on any atom is -0.478 e. The second-order valence-electron chi connectivity index (χ2n) is 3.54. The molecule has 0 aliphatic carbocycles. The molecule has 0 bridgehead atoms. The molecule has 0 aliphatic rings. The van der Waals surface area contributed by atoms with Gasteiger partial charge in [-0.3, -0.25) is 0 Å². The Labute approximate surface area is 91.9 Å². The number of ether oxygens (including phenoxy) is 1. The van der Waals surface area contributed by atoms with E-state index in [0.29, 0.717) is 0 Å². The molecule has 1 aromatic rings. The molecule has 1 rings (SSSR count). The number of pyridine rings is 1. The lowest BCUT2D eigenvalue weighted by Gasteiger charge is -2.08. The van der Waals surface area contributed by atoms with Gasteiger partial charge >= 0.3 is 0 Å². The monoisotopic (exact) mass is 208 g/mol. The average Bonchev–Trinajstić information content (AvgIpc) is 2.26. The molecule has 0 spiro atoms. The molecule has 1 aromatic heterocycles. The van der Waals surface area contributed by atoms with Crippen molar-refractivity contribution in [3.8, 4) is 5.88 Å². The van der Waals surface area contributed by atoms with Crippen LogP contribution in [0.4, 0.5) is 0 Å². The molecule has 0 aliphatic heterocycles. The van der Waals surface area contributed by atoms with Gasteiger partial charge in [0.2, 0.25) is 5.88 Å². The summed E-state index contributed by atoms with van der Waals surface area (Å²) in [6.07, 6.45) is 1.96. The normalized spacial score (nSPS) is 10.3. The van der Waals surface area contributed by atoms with E-state index in [0.717, 1.165) is 37.6 Å². The molecule has 84 valence electrons. The van der Waals surface area contributed by atoms with Crippen molar-refractivity contribution in [1.82, 2.24) is 10.3 Å². The Balaban J connectivity index is 2.79. The van der Waals surface area contributed by atoms with Gasteiger partial charge in [0.25, 0.3) is 0 Å². The van der Waals surface area contributed by atoms with Gasteiger partial charge in [0, 0.05) is 18.3 Å². The largest absolute Gasteiger partial charge is 0.478 e. The summed E-state index contributed by atoms with van der Waals surface area (Å²) < 4.78 is 5.55. The molecular weight excluding hydrogens is 188 g/mol. The molecule has 0 aromatic carbocycles. The Bertz CT molecular complexity index is 300. The second-order valence-corrected chi connectivity index (χ2v) is 3.54. The van der Waals surface area contributed by atoms with Crippen LogP contribution in [0.2, 0.25) is 0 Å². The first-order chi connectivity index (χ1) is 7.30. The van der Waals surface area contributed by atoms with E-state index in [1.54, 1.807) is 0 Å². The van der Waals surface area contributed by atoms with Crippen molar-refractivity contribution in [2.75, 3.05) is 13.7 Å². The molecule has 3 nitrogen and oxygen atoms in total. The Morgan fingerprint density at radius 3 is 2.73 bits per heavy atom. The molecular formula is C12H20N2O. The van der Waals surface area contributed by atoms with Gasteiger partial charge in [0.05, 0.1) is 6.61 Å². The summed E-state index contributed by atoms with van der Waals surface area (Å²) in [5.74, 6) is 0.751. The molecule has 0 atom stereocenters. The van der Waals surface area contributed by atoms with Crippen molar-refractivity contribution in [3.05, 3.63) is 23.4 Å². The summed E-state index contributed by atoms with van der Waals surface area (Å²) in [4.78, 5) is 4.42. The molecule has 0 radical (unpaired) electrons. The van der Waals surface area contributed by atoms with Gasteiger partial charge in [-0.15, -0.1) is 0 Å². The number of aromatic nitrogens is 1. The number of rotatable bonds is 6. The van der Waals surface area contributed by atoms with Crippen LogP contribution in [0.5, 0.6) is 5.88 Å². The summed E-state index contributed by atoms with van der Waals surface area (Å²) in [5.41, 5.74) is 2.32. The van der Waals surface area contributed by atoms with Gasteiger partial charge in [-0.25, -0.2) is 4.98 Å². The van der Waals surface area contributed by atoms with E-state index in [1.807, 2.05) is 13.1 Å². The van der Waals surface area contributed by atoms with E-state index in [9.17, 15) is 0 Å². The highest BCUT2D eigenvalue weighted by atomic mass is 16.5. The number of aryl methyl sites for hydroxylation is 1. The number of nitrogens with zero attached hydrogens (tertiary/aromatic N) is 1. The van der Waals surface area contributed by atoms with Crippen molar-refractivity contribution >= 4 is 0 Å². The summed E-state index contributed by atoms with van der Waals surface area (Å²) in [6, 6.07) is 4.13. The van der Waals surface area contributed by atoms with E-state index < -0.39 is 0 Å². The van der Waals surface area contributed by atoms with Crippen LogP contribution in [0.1, 0.15) is 31.5 Å². The summed E-state index contributed by atoms with van der Waals surface area (Å²) >= 11 is 0. The third-order valence-corrected chi connectivity index (χ3v) is 2.11. The van der Waals surface area contributed by atoms with Crippen LogP contribution >= 0.6 is 0 Å². The standard InChI is InChI=1S/C12H20N2O/c1-4-6-15-12-8-10(9-13-3)7-11(5-2)14-12/h7-8,13H,4-6,9H2,1-3H3. The van der Waals surface area contributed by atoms with Crippen LogP contribution < -0.4 is 10.1 Å². The van der Waals surface area contributed by atoms with Crippen molar-refractivity contribution in [2.45, 2.75) is 33.2 Å². The SMILES string of the molecule is CCCOc1cc(CNC)cc(CC)n1. The maximum absolute atomic E-state index is 5.55. The third kappa shape index (κ3) is 3.88. The molecule has 0 saturated carbocycles. The zero-order valence-electron chi connectivity index (χ0n) is 9.84. The van der Waals surface area contributed by atoms with E-state index in [-0.39, 0.29) is 0 Å². The van der Waals surface area contributed by atoms with Gasteiger partial charge in [0.1, 0.15) is 0 Å². The topological polar surface area (TPSA) is 34.1 Å². The molecule has 0 fully saturated rings. The van der Waals surface area contributed by atoms with Crippen molar-refractivity contribution in [3.63, 3.8) is 0 Å². The van der Waals surface area contributed by atoms with Crippen molar-refractivity contribution in [2.24, 2.45) is 0 Å². The number of nitrogens with one attached hydrogen (secondary N) is 1. The third-order valence-electron chi connectivity index (χ3n) is 2.11. The van der Waals surface area contributed by atoms with E-state index in [4.69, 9.17) is 4.74 Å². The number of hydrogen-bond acceptors (Lipinski definition) is 3. The Morgan fingerprint density at radius 1 is 1.33 bits per heavy atom. The van der Waals surface area contributed by atoms with Crippen LogP contribution in [0.25, 0.3) is 0 Å².